The highest BCUT2D eigenvalue weighted by Gasteiger charge is 2.22. The zero-order valence-corrected chi connectivity index (χ0v) is 12.7. The van der Waals surface area contributed by atoms with Crippen molar-refractivity contribution < 1.29 is 14.4 Å². The van der Waals surface area contributed by atoms with Gasteiger partial charge in [-0.15, -0.1) is 0 Å². The van der Waals surface area contributed by atoms with Crippen LogP contribution >= 0.6 is 0 Å². The summed E-state index contributed by atoms with van der Waals surface area (Å²) in [5.74, 6) is -1.23. The maximum atomic E-state index is 9.14. The summed E-state index contributed by atoms with van der Waals surface area (Å²) in [5, 5.41) is 9.14. The molecule has 0 atom stereocenters. The van der Waals surface area contributed by atoms with Crippen molar-refractivity contribution in [3.63, 3.8) is 0 Å². The minimum Gasteiger partial charge on any atom is -0.545 e. The molecule has 0 bridgehead atoms. The van der Waals surface area contributed by atoms with Crippen LogP contribution in [-0.2, 0) is 4.79 Å². The number of hydrogen-bond acceptors (Lipinski definition) is 2. The van der Waals surface area contributed by atoms with Crippen molar-refractivity contribution in [2.45, 2.75) is 53.4 Å². The monoisotopic (exact) mass is 257 g/mol. The summed E-state index contributed by atoms with van der Waals surface area (Å²) in [6, 6.07) is 0. The molecule has 0 fully saturated rings. The fourth-order valence-corrected chi connectivity index (χ4v) is 2.57. The third-order valence-corrected chi connectivity index (χ3v) is 2.96. The first kappa shape index (κ1) is 19.5. The minimum atomic E-state index is -1.23. The Bertz CT molecular complexity index is 185. The third-order valence-electron chi connectivity index (χ3n) is 2.96. The van der Waals surface area contributed by atoms with Gasteiger partial charge in [-0.1, -0.05) is 34.3 Å². The topological polar surface area (TPSA) is 40.1 Å². The third kappa shape index (κ3) is 10.3. The van der Waals surface area contributed by atoms with Crippen molar-refractivity contribution in [1.82, 2.24) is 0 Å². The fraction of sp³-hybridized carbons (Fsp3) is 0.800. The summed E-state index contributed by atoms with van der Waals surface area (Å²) < 4.78 is 1.38. The number of rotatable bonds is 9. The second-order valence-corrected chi connectivity index (χ2v) is 4.76. The number of nitrogens with zero attached hydrogens (tertiary/aromatic N) is 1. The predicted octanol–water partition coefficient (Wildman–Crippen LogP) is 2.37. The van der Waals surface area contributed by atoms with Gasteiger partial charge in [0.05, 0.1) is 32.1 Å². The Balaban J connectivity index is 0. The van der Waals surface area contributed by atoms with Crippen molar-refractivity contribution in [3.05, 3.63) is 12.7 Å². The molecule has 0 saturated heterocycles. The quantitative estimate of drug-likeness (QED) is 0.470. The molecule has 0 spiro atoms. The van der Waals surface area contributed by atoms with Crippen LogP contribution in [0.4, 0.5) is 0 Å². The lowest BCUT2D eigenvalue weighted by Crippen LogP contribution is -2.50. The summed E-state index contributed by atoms with van der Waals surface area (Å²) in [7, 11) is 0. The zero-order chi connectivity index (χ0) is 14.4. The molecule has 0 saturated carbocycles. The molecule has 0 amide bonds. The SMILES string of the molecule is C=CC(=O)[O-].CCC[N+](CCC)(CCC)CCC. The van der Waals surface area contributed by atoms with E-state index in [1.807, 2.05) is 0 Å². The zero-order valence-electron chi connectivity index (χ0n) is 12.7. The summed E-state index contributed by atoms with van der Waals surface area (Å²) >= 11 is 0. The van der Waals surface area contributed by atoms with Crippen LogP contribution in [0.3, 0.4) is 0 Å². The average molecular weight is 257 g/mol. The Kier molecular flexibility index (Phi) is 13.7. The van der Waals surface area contributed by atoms with E-state index in [9.17, 15) is 0 Å². The van der Waals surface area contributed by atoms with Crippen LogP contribution < -0.4 is 5.11 Å². The molecule has 0 aliphatic rings. The number of carboxylic acids is 1. The maximum Gasteiger partial charge on any atom is 0.0783 e. The van der Waals surface area contributed by atoms with Gasteiger partial charge in [0, 0.05) is 0 Å². The van der Waals surface area contributed by atoms with E-state index in [0.29, 0.717) is 0 Å². The van der Waals surface area contributed by atoms with Crippen molar-refractivity contribution in [1.29, 1.82) is 0 Å². The Labute approximate surface area is 113 Å². The summed E-state index contributed by atoms with van der Waals surface area (Å²) in [6.07, 6.45) is 6.06. The van der Waals surface area contributed by atoms with E-state index < -0.39 is 5.97 Å². The van der Waals surface area contributed by atoms with Gasteiger partial charge in [-0.05, 0) is 31.8 Å². The molecular formula is C15H31NO2. The summed E-state index contributed by atoms with van der Waals surface area (Å²) in [4.78, 5) is 9.14. The van der Waals surface area contributed by atoms with Crippen LogP contribution in [-0.4, -0.2) is 36.6 Å². The summed E-state index contributed by atoms with van der Waals surface area (Å²) in [6.45, 7) is 17.7. The molecular weight excluding hydrogens is 226 g/mol. The van der Waals surface area contributed by atoms with E-state index in [2.05, 4.69) is 34.3 Å². The molecule has 0 rings (SSSR count). The van der Waals surface area contributed by atoms with Gasteiger partial charge >= 0.3 is 0 Å². The first-order valence-corrected chi connectivity index (χ1v) is 7.20. The Hall–Kier alpha value is -0.830. The van der Waals surface area contributed by atoms with Crippen molar-refractivity contribution in [3.8, 4) is 0 Å². The average Bonchev–Trinajstić information content (AvgIpc) is 2.31. The van der Waals surface area contributed by atoms with Gasteiger partial charge in [0.2, 0.25) is 0 Å². The fourth-order valence-electron chi connectivity index (χ4n) is 2.57. The second-order valence-electron chi connectivity index (χ2n) is 4.76. The molecule has 0 aromatic rings. The highest BCUT2D eigenvalue weighted by atomic mass is 16.4. The molecule has 18 heavy (non-hydrogen) atoms. The number of carboxylic acid groups (broad SMARTS) is 1. The van der Waals surface area contributed by atoms with E-state index in [1.54, 1.807) is 0 Å². The highest BCUT2D eigenvalue weighted by molar-refractivity contribution is 5.76. The van der Waals surface area contributed by atoms with Gasteiger partial charge in [-0.3, -0.25) is 0 Å². The number of carbonyl (C=O) groups excluding carboxylic acids is 1. The van der Waals surface area contributed by atoms with Gasteiger partial charge in [-0.25, -0.2) is 0 Å². The molecule has 0 aliphatic heterocycles. The van der Waals surface area contributed by atoms with Crippen LogP contribution in [0.15, 0.2) is 12.7 Å². The van der Waals surface area contributed by atoms with Crippen molar-refractivity contribution >= 4 is 5.97 Å². The Morgan fingerprint density at radius 2 is 1.17 bits per heavy atom. The first-order valence-electron chi connectivity index (χ1n) is 7.20. The molecule has 0 radical (unpaired) electrons. The van der Waals surface area contributed by atoms with Gasteiger partial charge in [0.1, 0.15) is 0 Å². The standard InChI is InChI=1S/C12H28N.C3H4O2/c1-5-9-13(10-6-2,11-7-3)12-8-4;1-2-3(4)5/h5-12H2,1-4H3;2H,1H2,(H,4,5)/q+1;/p-1. The minimum absolute atomic E-state index is 0.722. The van der Waals surface area contributed by atoms with Gasteiger partial charge in [0.25, 0.3) is 0 Å². The maximum absolute atomic E-state index is 9.14. The van der Waals surface area contributed by atoms with E-state index in [4.69, 9.17) is 9.90 Å². The van der Waals surface area contributed by atoms with Gasteiger partial charge < -0.3 is 14.4 Å². The smallest absolute Gasteiger partial charge is 0.0783 e. The lowest BCUT2D eigenvalue weighted by molar-refractivity contribution is -0.928. The van der Waals surface area contributed by atoms with E-state index in [-0.39, 0.29) is 0 Å². The van der Waals surface area contributed by atoms with Gasteiger partial charge in [-0.2, -0.15) is 0 Å². The van der Waals surface area contributed by atoms with Crippen LogP contribution in [0.2, 0.25) is 0 Å². The predicted molar refractivity (Wildman–Crippen MR) is 76.1 cm³/mol. The number of aliphatic carboxylic acids is 1. The number of quaternary nitrogens is 1. The second kappa shape index (κ2) is 12.6. The summed E-state index contributed by atoms with van der Waals surface area (Å²) in [5.41, 5.74) is 0. The van der Waals surface area contributed by atoms with Crippen LogP contribution in [0.1, 0.15) is 53.4 Å². The number of hydrogen-bond donors (Lipinski definition) is 0. The molecule has 0 aromatic heterocycles. The number of carbonyl (C=O) groups is 1. The molecule has 0 aromatic carbocycles. The van der Waals surface area contributed by atoms with Crippen LogP contribution in [0.5, 0.6) is 0 Å². The highest BCUT2D eigenvalue weighted by Crippen LogP contribution is 2.12. The molecule has 0 heterocycles. The van der Waals surface area contributed by atoms with Crippen molar-refractivity contribution in [2.24, 2.45) is 0 Å². The first-order chi connectivity index (χ1) is 8.51. The molecule has 3 heteroatoms. The molecule has 3 nitrogen and oxygen atoms in total. The van der Waals surface area contributed by atoms with E-state index >= 15 is 0 Å². The molecule has 0 N–H and O–H groups in total. The largest absolute Gasteiger partial charge is 0.545 e. The molecule has 0 aliphatic carbocycles. The lowest BCUT2D eigenvalue weighted by atomic mass is 10.2. The van der Waals surface area contributed by atoms with Crippen molar-refractivity contribution in [2.75, 3.05) is 26.2 Å². The Morgan fingerprint density at radius 3 is 1.28 bits per heavy atom. The molecule has 108 valence electrons. The van der Waals surface area contributed by atoms with Crippen LogP contribution in [0.25, 0.3) is 0 Å². The Morgan fingerprint density at radius 1 is 0.944 bits per heavy atom. The van der Waals surface area contributed by atoms with E-state index in [1.165, 1.54) is 56.3 Å². The van der Waals surface area contributed by atoms with Crippen LogP contribution in [0, 0.1) is 0 Å². The lowest BCUT2D eigenvalue weighted by Gasteiger charge is -2.38. The molecule has 0 unspecified atom stereocenters. The van der Waals surface area contributed by atoms with Gasteiger partial charge in [0.15, 0.2) is 0 Å². The normalized spacial score (nSPS) is 10.4. The van der Waals surface area contributed by atoms with E-state index in [0.717, 1.165) is 6.08 Å².